The quantitative estimate of drug-likeness (QED) is 0.895. The van der Waals surface area contributed by atoms with Crippen LogP contribution in [0.4, 0.5) is 0 Å². The summed E-state index contributed by atoms with van der Waals surface area (Å²) in [6, 6.07) is 9.09. The first-order valence-electron chi connectivity index (χ1n) is 5.53. The van der Waals surface area contributed by atoms with Crippen molar-refractivity contribution in [2.24, 2.45) is 0 Å². The highest BCUT2D eigenvalue weighted by Crippen LogP contribution is 2.11. The van der Waals surface area contributed by atoms with E-state index in [1.807, 2.05) is 24.3 Å². The average Bonchev–Trinajstić information content (AvgIpc) is 2.83. The summed E-state index contributed by atoms with van der Waals surface area (Å²) in [5.41, 5.74) is 1.28. The Morgan fingerprint density at radius 2 is 2.11 bits per heavy atom. The van der Waals surface area contributed by atoms with E-state index in [0.29, 0.717) is 18.0 Å². The van der Waals surface area contributed by atoms with Crippen LogP contribution in [0, 0.1) is 6.92 Å². The van der Waals surface area contributed by atoms with Crippen LogP contribution >= 0.6 is 0 Å². The van der Waals surface area contributed by atoms with E-state index in [2.05, 4.69) is 10.5 Å². The molecule has 1 aromatic heterocycles. The second-order valence-corrected chi connectivity index (χ2v) is 3.85. The van der Waals surface area contributed by atoms with Gasteiger partial charge in [-0.1, -0.05) is 17.3 Å². The number of carbonyl (C=O) groups excluding carboxylic acids is 1. The zero-order valence-corrected chi connectivity index (χ0v) is 10.3. The normalized spacial score (nSPS) is 10.1. The number of methoxy groups -OCH3 is 1. The van der Waals surface area contributed by atoms with Crippen LogP contribution in [0.25, 0.3) is 0 Å². The molecule has 0 spiro atoms. The van der Waals surface area contributed by atoms with Gasteiger partial charge in [0.05, 0.1) is 7.11 Å². The summed E-state index contributed by atoms with van der Waals surface area (Å²) >= 11 is 0. The minimum atomic E-state index is -0.248. The van der Waals surface area contributed by atoms with E-state index < -0.39 is 0 Å². The van der Waals surface area contributed by atoms with E-state index in [9.17, 15) is 4.79 Å². The number of nitrogens with one attached hydrogen (secondary N) is 1. The zero-order chi connectivity index (χ0) is 13.0. The maximum absolute atomic E-state index is 11.7. The Labute approximate surface area is 105 Å². The lowest BCUT2D eigenvalue weighted by Gasteiger charge is -2.04. The molecular formula is C13H14N2O3. The van der Waals surface area contributed by atoms with Crippen LogP contribution in [-0.4, -0.2) is 18.2 Å². The minimum absolute atomic E-state index is 0.248. The number of hydrogen-bond acceptors (Lipinski definition) is 4. The first kappa shape index (κ1) is 12.2. The number of hydrogen-bond donors (Lipinski definition) is 1. The first-order chi connectivity index (χ1) is 8.69. The highest BCUT2D eigenvalue weighted by atomic mass is 16.5. The summed E-state index contributed by atoms with van der Waals surface area (Å²) in [6.07, 6.45) is 0. The third kappa shape index (κ3) is 2.88. The number of aryl methyl sites for hydroxylation is 1. The van der Waals surface area contributed by atoms with Gasteiger partial charge in [0.25, 0.3) is 5.91 Å². The van der Waals surface area contributed by atoms with E-state index in [0.717, 1.165) is 11.3 Å². The lowest BCUT2D eigenvalue weighted by atomic mass is 10.2. The van der Waals surface area contributed by atoms with Gasteiger partial charge in [-0.05, 0) is 24.6 Å². The molecule has 0 fully saturated rings. The Balaban J connectivity index is 1.92. The molecule has 5 nitrogen and oxygen atoms in total. The molecular weight excluding hydrogens is 232 g/mol. The highest BCUT2D eigenvalue weighted by Gasteiger charge is 2.09. The fourth-order valence-corrected chi connectivity index (χ4v) is 1.49. The van der Waals surface area contributed by atoms with Crippen LogP contribution in [0.5, 0.6) is 5.75 Å². The monoisotopic (exact) mass is 246 g/mol. The number of aromatic nitrogens is 1. The van der Waals surface area contributed by atoms with E-state index >= 15 is 0 Å². The van der Waals surface area contributed by atoms with Gasteiger partial charge in [0, 0.05) is 12.6 Å². The van der Waals surface area contributed by atoms with Crippen LogP contribution in [0.3, 0.4) is 0 Å². The van der Waals surface area contributed by atoms with Gasteiger partial charge < -0.3 is 14.6 Å². The molecule has 0 radical (unpaired) electrons. The summed E-state index contributed by atoms with van der Waals surface area (Å²) in [5, 5.41) is 6.41. The topological polar surface area (TPSA) is 64.4 Å². The molecule has 2 rings (SSSR count). The number of carbonyl (C=O) groups is 1. The van der Waals surface area contributed by atoms with Gasteiger partial charge >= 0.3 is 0 Å². The van der Waals surface area contributed by atoms with Gasteiger partial charge in [0.2, 0.25) is 0 Å². The van der Waals surface area contributed by atoms with Crippen molar-refractivity contribution >= 4 is 5.91 Å². The van der Waals surface area contributed by atoms with Crippen molar-refractivity contribution in [1.29, 1.82) is 0 Å². The van der Waals surface area contributed by atoms with E-state index in [4.69, 9.17) is 9.26 Å². The van der Waals surface area contributed by atoms with Gasteiger partial charge in [-0.25, -0.2) is 0 Å². The third-order valence-electron chi connectivity index (χ3n) is 2.47. The van der Waals surface area contributed by atoms with E-state index in [-0.39, 0.29) is 5.91 Å². The fourth-order valence-electron chi connectivity index (χ4n) is 1.49. The molecule has 0 aliphatic carbocycles. The molecule has 1 heterocycles. The Hall–Kier alpha value is -2.30. The van der Waals surface area contributed by atoms with Crippen molar-refractivity contribution in [2.75, 3.05) is 7.11 Å². The predicted octanol–water partition coefficient (Wildman–Crippen LogP) is 1.92. The third-order valence-corrected chi connectivity index (χ3v) is 2.47. The Morgan fingerprint density at radius 3 is 2.67 bits per heavy atom. The molecule has 2 aromatic rings. The molecule has 18 heavy (non-hydrogen) atoms. The van der Waals surface area contributed by atoms with Crippen LogP contribution in [-0.2, 0) is 6.54 Å². The molecule has 0 aliphatic rings. The fraction of sp³-hybridized carbons (Fsp3) is 0.231. The Morgan fingerprint density at radius 1 is 1.39 bits per heavy atom. The maximum Gasteiger partial charge on any atom is 0.273 e. The molecule has 1 amide bonds. The van der Waals surface area contributed by atoms with Gasteiger partial charge in [0.1, 0.15) is 11.5 Å². The molecule has 1 N–H and O–H groups in total. The Kier molecular flexibility index (Phi) is 3.62. The van der Waals surface area contributed by atoms with Crippen LogP contribution in [0.15, 0.2) is 34.9 Å². The predicted molar refractivity (Wildman–Crippen MR) is 65.4 cm³/mol. The summed E-state index contributed by atoms with van der Waals surface area (Å²) in [7, 11) is 1.61. The summed E-state index contributed by atoms with van der Waals surface area (Å²) in [6.45, 7) is 2.18. The van der Waals surface area contributed by atoms with Crippen molar-refractivity contribution in [1.82, 2.24) is 10.5 Å². The number of ether oxygens (including phenoxy) is 1. The molecule has 0 unspecified atom stereocenters. The largest absolute Gasteiger partial charge is 0.497 e. The van der Waals surface area contributed by atoms with Gasteiger partial charge in [-0.3, -0.25) is 4.79 Å². The highest BCUT2D eigenvalue weighted by molar-refractivity contribution is 5.92. The van der Waals surface area contributed by atoms with Crippen LogP contribution < -0.4 is 10.1 Å². The number of benzene rings is 1. The molecule has 94 valence electrons. The Bertz CT molecular complexity index is 531. The maximum atomic E-state index is 11.7. The standard InChI is InChI=1S/C13H14N2O3/c1-9-7-12(15-18-9)13(16)14-8-10-3-5-11(17-2)6-4-10/h3-7H,8H2,1-2H3,(H,14,16). The SMILES string of the molecule is COc1ccc(CNC(=O)c2cc(C)on2)cc1. The molecule has 0 bridgehead atoms. The second kappa shape index (κ2) is 5.35. The van der Waals surface area contributed by atoms with E-state index in [1.54, 1.807) is 20.1 Å². The number of rotatable bonds is 4. The molecule has 0 atom stereocenters. The van der Waals surface area contributed by atoms with Crippen molar-refractivity contribution in [3.05, 3.63) is 47.3 Å². The molecule has 0 saturated heterocycles. The smallest absolute Gasteiger partial charge is 0.273 e. The van der Waals surface area contributed by atoms with Gasteiger partial charge in [-0.15, -0.1) is 0 Å². The lowest BCUT2D eigenvalue weighted by molar-refractivity contribution is 0.0942. The van der Waals surface area contributed by atoms with E-state index in [1.165, 1.54) is 0 Å². The number of amides is 1. The number of nitrogens with zero attached hydrogens (tertiary/aromatic N) is 1. The van der Waals surface area contributed by atoms with Crippen molar-refractivity contribution in [2.45, 2.75) is 13.5 Å². The van der Waals surface area contributed by atoms with Crippen molar-refractivity contribution in [3.8, 4) is 5.75 Å². The molecule has 0 saturated carbocycles. The lowest BCUT2D eigenvalue weighted by Crippen LogP contribution is -2.22. The summed E-state index contributed by atoms with van der Waals surface area (Å²) < 4.78 is 9.90. The van der Waals surface area contributed by atoms with Crippen LogP contribution in [0.1, 0.15) is 21.8 Å². The summed E-state index contributed by atoms with van der Waals surface area (Å²) in [5.74, 6) is 1.16. The van der Waals surface area contributed by atoms with Crippen LogP contribution in [0.2, 0.25) is 0 Å². The van der Waals surface area contributed by atoms with Crippen molar-refractivity contribution < 1.29 is 14.1 Å². The first-order valence-corrected chi connectivity index (χ1v) is 5.53. The summed E-state index contributed by atoms with van der Waals surface area (Å²) in [4.78, 5) is 11.7. The molecule has 1 aromatic carbocycles. The van der Waals surface area contributed by atoms with Crippen molar-refractivity contribution in [3.63, 3.8) is 0 Å². The van der Waals surface area contributed by atoms with Gasteiger partial charge in [-0.2, -0.15) is 0 Å². The molecule has 0 aliphatic heterocycles. The second-order valence-electron chi connectivity index (χ2n) is 3.85. The van der Waals surface area contributed by atoms with Gasteiger partial charge in [0.15, 0.2) is 5.69 Å². The minimum Gasteiger partial charge on any atom is -0.497 e. The average molecular weight is 246 g/mol. The molecule has 5 heteroatoms. The zero-order valence-electron chi connectivity index (χ0n) is 10.3.